The monoisotopic (exact) mass is 268 g/mol. The quantitative estimate of drug-likeness (QED) is 0.617. The average molecular weight is 268 g/mol. The first-order valence-corrected chi connectivity index (χ1v) is 6.28. The van der Waals surface area contributed by atoms with E-state index in [4.69, 9.17) is 0 Å². The van der Waals surface area contributed by atoms with Gasteiger partial charge in [0.2, 0.25) is 5.82 Å². The fourth-order valence-corrected chi connectivity index (χ4v) is 2.13. The van der Waals surface area contributed by atoms with Gasteiger partial charge in [0.1, 0.15) is 5.69 Å². The standard InChI is InChI=1S/C12H17FN4O2/c13-10-2-1-3-11(12(10)17(18)19)15-6-9-16-7-4-14-5-8-16/h1-3,14-15H,4-9H2. The lowest BCUT2D eigenvalue weighted by atomic mass is 10.2. The molecular formula is C12H17FN4O2. The predicted octanol–water partition coefficient (Wildman–Crippen LogP) is 1.05. The number of hydrogen-bond acceptors (Lipinski definition) is 5. The van der Waals surface area contributed by atoms with E-state index in [0.29, 0.717) is 6.54 Å². The van der Waals surface area contributed by atoms with E-state index >= 15 is 0 Å². The number of nitrogens with zero attached hydrogens (tertiary/aromatic N) is 2. The molecule has 104 valence electrons. The van der Waals surface area contributed by atoms with E-state index < -0.39 is 16.4 Å². The lowest BCUT2D eigenvalue weighted by Crippen LogP contribution is -2.45. The van der Waals surface area contributed by atoms with Gasteiger partial charge in [-0.3, -0.25) is 15.0 Å². The molecule has 1 aliphatic rings. The Kier molecular flexibility index (Phi) is 4.64. The summed E-state index contributed by atoms with van der Waals surface area (Å²) in [6, 6.07) is 4.09. The highest BCUT2D eigenvalue weighted by Gasteiger charge is 2.19. The molecule has 6 nitrogen and oxygen atoms in total. The van der Waals surface area contributed by atoms with Crippen LogP contribution in [0.3, 0.4) is 0 Å². The van der Waals surface area contributed by atoms with Crippen molar-refractivity contribution in [2.45, 2.75) is 0 Å². The number of halogens is 1. The van der Waals surface area contributed by atoms with Crippen LogP contribution in [-0.4, -0.2) is 49.1 Å². The fraction of sp³-hybridized carbons (Fsp3) is 0.500. The van der Waals surface area contributed by atoms with Crippen LogP contribution in [-0.2, 0) is 0 Å². The summed E-state index contributed by atoms with van der Waals surface area (Å²) in [6.07, 6.45) is 0. The average Bonchev–Trinajstić information content (AvgIpc) is 2.39. The van der Waals surface area contributed by atoms with Gasteiger partial charge in [-0.15, -0.1) is 0 Å². The molecule has 0 radical (unpaired) electrons. The van der Waals surface area contributed by atoms with Crippen molar-refractivity contribution in [3.63, 3.8) is 0 Å². The summed E-state index contributed by atoms with van der Waals surface area (Å²) in [5.74, 6) is -0.808. The largest absolute Gasteiger partial charge is 0.378 e. The first-order valence-electron chi connectivity index (χ1n) is 6.28. The van der Waals surface area contributed by atoms with Crippen molar-refractivity contribution in [3.05, 3.63) is 34.1 Å². The van der Waals surface area contributed by atoms with E-state index in [0.717, 1.165) is 38.8 Å². The van der Waals surface area contributed by atoms with Crippen LogP contribution < -0.4 is 10.6 Å². The SMILES string of the molecule is O=[N+]([O-])c1c(F)cccc1NCCN1CCNCC1. The van der Waals surface area contributed by atoms with Crippen molar-refractivity contribution in [3.8, 4) is 0 Å². The van der Waals surface area contributed by atoms with Crippen LogP contribution in [0.2, 0.25) is 0 Å². The molecule has 7 heteroatoms. The normalized spacial score (nSPS) is 16.3. The highest BCUT2D eigenvalue weighted by Crippen LogP contribution is 2.26. The van der Waals surface area contributed by atoms with E-state index in [-0.39, 0.29) is 5.69 Å². The van der Waals surface area contributed by atoms with Crippen molar-refractivity contribution >= 4 is 11.4 Å². The van der Waals surface area contributed by atoms with Gasteiger partial charge in [-0.2, -0.15) is 4.39 Å². The van der Waals surface area contributed by atoms with E-state index in [1.54, 1.807) is 0 Å². The second kappa shape index (κ2) is 6.44. The number of nitro benzene ring substituents is 1. The van der Waals surface area contributed by atoms with Crippen LogP contribution in [0.4, 0.5) is 15.8 Å². The predicted molar refractivity (Wildman–Crippen MR) is 70.9 cm³/mol. The number of piperazine rings is 1. The van der Waals surface area contributed by atoms with Crippen molar-refractivity contribution in [1.29, 1.82) is 0 Å². The minimum Gasteiger partial charge on any atom is -0.378 e. The van der Waals surface area contributed by atoms with Gasteiger partial charge in [0.15, 0.2) is 0 Å². The van der Waals surface area contributed by atoms with Crippen molar-refractivity contribution in [2.75, 3.05) is 44.6 Å². The van der Waals surface area contributed by atoms with Crippen molar-refractivity contribution in [2.24, 2.45) is 0 Å². The van der Waals surface area contributed by atoms with Crippen LogP contribution in [0, 0.1) is 15.9 Å². The Morgan fingerprint density at radius 1 is 1.42 bits per heavy atom. The number of rotatable bonds is 5. The van der Waals surface area contributed by atoms with Gasteiger partial charge in [0.05, 0.1) is 4.92 Å². The Morgan fingerprint density at radius 2 is 2.16 bits per heavy atom. The molecule has 0 atom stereocenters. The van der Waals surface area contributed by atoms with Gasteiger partial charge in [-0.05, 0) is 12.1 Å². The molecule has 0 aliphatic carbocycles. The number of nitrogens with one attached hydrogen (secondary N) is 2. The Morgan fingerprint density at radius 3 is 2.84 bits per heavy atom. The number of benzene rings is 1. The maximum absolute atomic E-state index is 13.4. The van der Waals surface area contributed by atoms with Crippen LogP contribution in [0.15, 0.2) is 18.2 Å². The maximum Gasteiger partial charge on any atom is 0.327 e. The maximum atomic E-state index is 13.4. The summed E-state index contributed by atoms with van der Waals surface area (Å²) in [7, 11) is 0. The second-order valence-corrected chi connectivity index (χ2v) is 4.41. The number of nitro groups is 1. The Labute approximate surface area is 110 Å². The molecule has 1 saturated heterocycles. The highest BCUT2D eigenvalue weighted by molar-refractivity contribution is 5.61. The zero-order valence-corrected chi connectivity index (χ0v) is 10.6. The molecule has 0 amide bonds. The number of para-hydroxylation sites is 1. The molecule has 0 spiro atoms. The number of anilines is 1. The van der Waals surface area contributed by atoms with E-state index in [1.807, 2.05) is 0 Å². The van der Waals surface area contributed by atoms with Crippen LogP contribution >= 0.6 is 0 Å². The minimum absolute atomic E-state index is 0.236. The lowest BCUT2D eigenvalue weighted by molar-refractivity contribution is -0.386. The Balaban J connectivity index is 1.92. The van der Waals surface area contributed by atoms with Crippen LogP contribution in [0.1, 0.15) is 0 Å². The van der Waals surface area contributed by atoms with Gasteiger partial charge in [-0.25, -0.2) is 0 Å². The minimum atomic E-state index is -0.808. The van der Waals surface area contributed by atoms with Crippen LogP contribution in [0.5, 0.6) is 0 Å². The van der Waals surface area contributed by atoms with E-state index in [1.165, 1.54) is 12.1 Å². The Hall–Kier alpha value is -1.73. The summed E-state index contributed by atoms with van der Waals surface area (Å²) in [5.41, 5.74) is -0.247. The summed E-state index contributed by atoms with van der Waals surface area (Å²) in [4.78, 5) is 12.4. The van der Waals surface area contributed by atoms with Gasteiger partial charge in [-0.1, -0.05) is 6.07 Å². The van der Waals surface area contributed by atoms with Crippen LogP contribution in [0.25, 0.3) is 0 Å². The molecule has 1 aromatic carbocycles. The van der Waals surface area contributed by atoms with Crippen molar-refractivity contribution < 1.29 is 9.31 Å². The fourth-order valence-electron chi connectivity index (χ4n) is 2.13. The molecule has 1 aromatic rings. The molecule has 0 unspecified atom stereocenters. The first kappa shape index (κ1) is 13.7. The molecule has 1 heterocycles. The summed E-state index contributed by atoms with van der Waals surface area (Å²) >= 11 is 0. The molecule has 0 aromatic heterocycles. The molecule has 2 N–H and O–H groups in total. The third-order valence-electron chi connectivity index (χ3n) is 3.12. The molecule has 1 fully saturated rings. The van der Waals surface area contributed by atoms with Gasteiger partial charge in [0, 0.05) is 39.3 Å². The zero-order chi connectivity index (χ0) is 13.7. The molecule has 2 rings (SSSR count). The van der Waals surface area contributed by atoms with Gasteiger partial charge >= 0.3 is 5.69 Å². The molecule has 0 bridgehead atoms. The lowest BCUT2D eigenvalue weighted by Gasteiger charge is -2.27. The second-order valence-electron chi connectivity index (χ2n) is 4.41. The third-order valence-corrected chi connectivity index (χ3v) is 3.12. The molecule has 0 saturated carbocycles. The van der Waals surface area contributed by atoms with Crippen molar-refractivity contribution in [1.82, 2.24) is 10.2 Å². The number of hydrogen-bond donors (Lipinski definition) is 2. The van der Waals surface area contributed by atoms with Gasteiger partial charge in [0.25, 0.3) is 0 Å². The molecule has 19 heavy (non-hydrogen) atoms. The third kappa shape index (κ3) is 3.62. The topological polar surface area (TPSA) is 70.4 Å². The van der Waals surface area contributed by atoms with E-state index in [9.17, 15) is 14.5 Å². The summed E-state index contributed by atoms with van der Waals surface area (Å²) in [6.45, 7) is 5.19. The first-order chi connectivity index (χ1) is 9.18. The smallest absolute Gasteiger partial charge is 0.327 e. The zero-order valence-electron chi connectivity index (χ0n) is 10.6. The van der Waals surface area contributed by atoms with E-state index in [2.05, 4.69) is 15.5 Å². The Bertz CT molecular complexity index is 449. The highest BCUT2D eigenvalue weighted by atomic mass is 19.1. The van der Waals surface area contributed by atoms with Gasteiger partial charge < -0.3 is 10.6 Å². The summed E-state index contributed by atoms with van der Waals surface area (Å²) in [5, 5.41) is 17.0. The summed E-state index contributed by atoms with van der Waals surface area (Å²) < 4.78 is 13.4. The molecular weight excluding hydrogens is 251 g/mol. The molecule has 1 aliphatic heterocycles.